The Morgan fingerprint density at radius 2 is 2.28 bits per heavy atom. The predicted molar refractivity (Wildman–Crippen MR) is 74.2 cm³/mol. The SMILES string of the molecule is CCNc1ncccc1CN(CCC#N)C(C)C. The highest BCUT2D eigenvalue weighted by Crippen LogP contribution is 2.15. The van der Waals surface area contributed by atoms with Gasteiger partial charge in [-0.05, 0) is 26.8 Å². The first-order valence-corrected chi connectivity index (χ1v) is 6.47. The van der Waals surface area contributed by atoms with Gasteiger partial charge in [-0.15, -0.1) is 0 Å². The van der Waals surface area contributed by atoms with E-state index >= 15 is 0 Å². The zero-order valence-electron chi connectivity index (χ0n) is 11.5. The molecule has 0 aliphatic carbocycles. The number of nitriles is 1. The highest BCUT2D eigenvalue weighted by atomic mass is 15.1. The van der Waals surface area contributed by atoms with Gasteiger partial charge in [-0.2, -0.15) is 5.26 Å². The van der Waals surface area contributed by atoms with E-state index < -0.39 is 0 Å². The molecule has 0 saturated carbocycles. The van der Waals surface area contributed by atoms with Gasteiger partial charge in [-0.3, -0.25) is 4.90 Å². The van der Waals surface area contributed by atoms with Crippen LogP contribution < -0.4 is 5.32 Å². The van der Waals surface area contributed by atoms with Gasteiger partial charge in [0.15, 0.2) is 0 Å². The number of aromatic nitrogens is 1. The van der Waals surface area contributed by atoms with E-state index in [4.69, 9.17) is 5.26 Å². The summed E-state index contributed by atoms with van der Waals surface area (Å²) in [6.07, 6.45) is 2.37. The van der Waals surface area contributed by atoms with Crippen molar-refractivity contribution in [2.75, 3.05) is 18.4 Å². The van der Waals surface area contributed by atoms with Gasteiger partial charge in [0.05, 0.1) is 6.07 Å². The standard InChI is InChI=1S/C14H22N4/c1-4-16-14-13(7-5-9-17-14)11-18(12(2)3)10-6-8-15/h5,7,9,12H,4,6,10-11H2,1-3H3,(H,16,17). The summed E-state index contributed by atoms with van der Waals surface area (Å²) in [4.78, 5) is 6.65. The van der Waals surface area contributed by atoms with Gasteiger partial charge < -0.3 is 5.32 Å². The number of pyridine rings is 1. The highest BCUT2D eigenvalue weighted by Gasteiger charge is 2.12. The third-order valence-corrected chi connectivity index (χ3v) is 2.85. The van der Waals surface area contributed by atoms with Crippen LogP contribution in [0.1, 0.15) is 32.8 Å². The van der Waals surface area contributed by atoms with Crippen LogP contribution in [-0.4, -0.2) is 29.0 Å². The fraction of sp³-hybridized carbons (Fsp3) is 0.571. The molecule has 1 heterocycles. The molecule has 0 bridgehead atoms. The van der Waals surface area contributed by atoms with Crippen molar-refractivity contribution in [2.24, 2.45) is 0 Å². The molecule has 18 heavy (non-hydrogen) atoms. The summed E-state index contributed by atoms with van der Waals surface area (Å²) in [5, 5.41) is 12.0. The Bertz CT molecular complexity index is 395. The largest absolute Gasteiger partial charge is 0.370 e. The number of anilines is 1. The van der Waals surface area contributed by atoms with Gasteiger partial charge in [0, 0.05) is 43.9 Å². The molecule has 98 valence electrons. The summed E-state index contributed by atoms with van der Waals surface area (Å²) in [7, 11) is 0. The predicted octanol–water partition coefficient (Wildman–Crippen LogP) is 2.64. The fourth-order valence-electron chi connectivity index (χ4n) is 1.83. The van der Waals surface area contributed by atoms with Gasteiger partial charge in [-0.1, -0.05) is 6.07 Å². The van der Waals surface area contributed by atoms with E-state index in [-0.39, 0.29) is 0 Å². The normalized spacial score (nSPS) is 10.7. The van der Waals surface area contributed by atoms with E-state index in [2.05, 4.69) is 48.1 Å². The molecule has 0 amide bonds. The van der Waals surface area contributed by atoms with Crippen molar-refractivity contribution in [3.8, 4) is 6.07 Å². The molecule has 0 unspecified atom stereocenters. The third kappa shape index (κ3) is 4.34. The third-order valence-electron chi connectivity index (χ3n) is 2.85. The number of hydrogen-bond donors (Lipinski definition) is 1. The van der Waals surface area contributed by atoms with Crippen LogP contribution in [0, 0.1) is 11.3 Å². The minimum atomic E-state index is 0.424. The lowest BCUT2D eigenvalue weighted by atomic mass is 10.2. The maximum atomic E-state index is 8.70. The van der Waals surface area contributed by atoms with Gasteiger partial charge in [-0.25, -0.2) is 4.98 Å². The van der Waals surface area contributed by atoms with Crippen LogP contribution >= 0.6 is 0 Å². The topological polar surface area (TPSA) is 52.0 Å². The van der Waals surface area contributed by atoms with Gasteiger partial charge in [0.1, 0.15) is 5.82 Å². The van der Waals surface area contributed by atoms with Crippen LogP contribution in [-0.2, 0) is 6.54 Å². The Kier molecular flexibility index (Phi) is 6.16. The van der Waals surface area contributed by atoms with Gasteiger partial charge in [0.25, 0.3) is 0 Å². The Hall–Kier alpha value is -1.60. The number of nitrogens with zero attached hydrogens (tertiary/aromatic N) is 3. The summed E-state index contributed by atoms with van der Waals surface area (Å²) in [5.74, 6) is 0.947. The lowest BCUT2D eigenvalue weighted by Gasteiger charge is -2.26. The van der Waals surface area contributed by atoms with Crippen molar-refractivity contribution in [3.05, 3.63) is 23.9 Å². The molecule has 0 saturated heterocycles. The van der Waals surface area contributed by atoms with Crippen molar-refractivity contribution in [3.63, 3.8) is 0 Å². The first kappa shape index (κ1) is 14.5. The molecule has 0 spiro atoms. The molecule has 0 radical (unpaired) electrons. The Morgan fingerprint density at radius 3 is 2.89 bits per heavy atom. The summed E-state index contributed by atoms with van der Waals surface area (Å²) in [6, 6.07) is 6.68. The molecule has 1 rings (SSSR count). The van der Waals surface area contributed by atoms with Gasteiger partial charge >= 0.3 is 0 Å². The number of hydrogen-bond acceptors (Lipinski definition) is 4. The minimum Gasteiger partial charge on any atom is -0.370 e. The quantitative estimate of drug-likeness (QED) is 0.803. The molecule has 0 aliphatic heterocycles. The van der Waals surface area contributed by atoms with Crippen LogP contribution in [0.2, 0.25) is 0 Å². The summed E-state index contributed by atoms with van der Waals surface area (Å²) >= 11 is 0. The molecule has 0 aliphatic rings. The van der Waals surface area contributed by atoms with Crippen LogP contribution in [0.4, 0.5) is 5.82 Å². The van der Waals surface area contributed by atoms with E-state index in [1.807, 2.05) is 6.07 Å². The van der Waals surface area contributed by atoms with Crippen molar-refractivity contribution in [2.45, 2.75) is 39.8 Å². The number of nitrogens with one attached hydrogen (secondary N) is 1. The second-order valence-corrected chi connectivity index (χ2v) is 4.51. The molecule has 1 aromatic heterocycles. The maximum Gasteiger partial charge on any atom is 0.130 e. The monoisotopic (exact) mass is 246 g/mol. The number of rotatable bonds is 7. The Labute approximate surface area is 110 Å². The van der Waals surface area contributed by atoms with Gasteiger partial charge in [0.2, 0.25) is 0 Å². The van der Waals surface area contributed by atoms with Crippen molar-refractivity contribution >= 4 is 5.82 Å². The molecule has 0 fully saturated rings. The molecule has 0 aromatic carbocycles. The van der Waals surface area contributed by atoms with Crippen molar-refractivity contribution in [1.82, 2.24) is 9.88 Å². The Morgan fingerprint density at radius 1 is 1.50 bits per heavy atom. The average Bonchev–Trinajstić information content (AvgIpc) is 2.36. The molecule has 1 N–H and O–H groups in total. The molecular weight excluding hydrogens is 224 g/mol. The molecular formula is C14H22N4. The van der Waals surface area contributed by atoms with Crippen molar-refractivity contribution in [1.29, 1.82) is 5.26 Å². The Balaban J connectivity index is 2.76. The smallest absolute Gasteiger partial charge is 0.130 e. The van der Waals surface area contributed by atoms with Crippen molar-refractivity contribution < 1.29 is 0 Å². The van der Waals surface area contributed by atoms with E-state index in [1.165, 1.54) is 5.56 Å². The second kappa shape index (κ2) is 7.67. The zero-order valence-corrected chi connectivity index (χ0v) is 11.5. The van der Waals surface area contributed by atoms with Crippen LogP contribution in [0.3, 0.4) is 0 Å². The van der Waals surface area contributed by atoms with E-state index in [1.54, 1.807) is 6.20 Å². The summed E-state index contributed by atoms with van der Waals surface area (Å²) in [5.41, 5.74) is 1.19. The van der Waals surface area contributed by atoms with Crippen LogP contribution in [0.15, 0.2) is 18.3 Å². The van der Waals surface area contributed by atoms with E-state index in [0.717, 1.165) is 25.5 Å². The molecule has 4 nitrogen and oxygen atoms in total. The molecule has 1 aromatic rings. The van der Waals surface area contributed by atoms with Crippen LogP contribution in [0.25, 0.3) is 0 Å². The summed E-state index contributed by atoms with van der Waals surface area (Å²) < 4.78 is 0. The first-order chi connectivity index (χ1) is 8.69. The lowest BCUT2D eigenvalue weighted by molar-refractivity contribution is 0.218. The lowest BCUT2D eigenvalue weighted by Crippen LogP contribution is -2.31. The van der Waals surface area contributed by atoms with E-state index in [9.17, 15) is 0 Å². The molecule has 0 atom stereocenters. The highest BCUT2D eigenvalue weighted by molar-refractivity contribution is 5.43. The first-order valence-electron chi connectivity index (χ1n) is 6.47. The minimum absolute atomic E-state index is 0.424. The zero-order chi connectivity index (χ0) is 13.4. The maximum absolute atomic E-state index is 8.70. The van der Waals surface area contributed by atoms with E-state index in [0.29, 0.717) is 12.5 Å². The fourth-order valence-corrected chi connectivity index (χ4v) is 1.83. The summed E-state index contributed by atoms with van der Waals surface area (Å²) in [6.45, 7) is 8.86. The van der Waals surface area contributed by atoms with Crippen LogP contribution in [0.5, 0.6) is 0 Å². The second-order valence-electron chi connectivity index (χ2n) is 4.51. The molecule has 4 heteroatoms. The average molecular weight is 246 g/mol.